The first-order chi connectivity index (χ1) is 15.6. The van der Waals surface area contributed by atoms with Crippen molar-refractivity contribution in [3.05, 3.63) is 83.4 Å². The van der Waals surface area contributed by atoms with Gasteiger partial charge in [-0.25, -0.2) is 9.67 Å². The Morgan fingerprint density at radius 3 is 2.62 bits per heavy atom. The molecule has 1 saturated heterocycles. The van der Waals surface area contributed by atoms with E-state index in [2.05, 4.69) is 15.4 Å². The lowest BCUT2D eigenvalue weighted by molar-refractivity contribution is -0.130. The molecule has 32 heavy (non-hydrogen) atoms. The van der Waals surface area contributed by atoms with E-state index < -0.39 is 0 Å². The third-order valence-electron chi connectivity index (χ3n) is 6.99. The summed E-state index contributed by atoms with van der Waals surface area (Å²) in [5.74, 6) is 0.779. The normalized spacial score (nSPS) is 22.0. The Hall–Kier alpha value is -3.48. The van der Waals surface area contributed by atoms with Crippen LogP contribution in [0.1, 0.15) is 46.2 Å². The Balaban J connectivity index is 1.38. The number of benzene rings is 2. The minimum atomic E-state index is -0.289. The van der Waals surface area contributed by atoms with E-state index in [4.69, 9.17) is 0 Å². The van der Waals surface area contributed by atoms with Crippen molar-refractivity contribution in [2.45, 2.75) is 38.8 Å². The maximum absolute atomic E-state index is 13.1. The van der Waals surface area contributed by atoms with Crippen LogP contribution in [0.5, 0.6) is 0 Å². The highest BCUT2D eigenvalue weighted by molar-refractivity contribution is 5.94. The van der Waals surface area contributed by atoms with Gasteiger partial charge < -0.3 is 10.2 Å². The van der Waals surface area contributed by atoms with Crippen LogP contribution in [0.3, 0.4) is 0 Å². The Morgan fingerprint density at radius 1 is 1.06 bits per heavy atom. The molecule has 2 amide bonds. The fourth-order valence-electron chi connectivity index (χ4n) is 5.07. The first kappa shape index (κ1) is 20.4. The van der Waals surface area contributed by atoms with Gasteiger partial charge in [-0.05, 0) is 43.0 Å². The van der Waals surface area contributed by atoms with Gasteiger partial charge in [-0.2, -0.15) is 5.10 Å². The number of hydrogen-bond acceptors (Lipinski definition) is 4. The molecule has 0 radical (unpaired) electrons. The molecule has 0 bridgehead atoms. The summed E-state index contributed by atoms with van der Waals surface area (Å²) in [6.45, 7) is 4.09. The SMILES string of the molecule is Cc1ccccc1CC(=O)N1CC[C@@]2(CCn3ncnc3[C@H]2NC(=O)c2ccccc2)C1. The van der Waals surface area contributed by atoms with Crippen molar-refractivity contribution in [3.8, 4) is 0 Å². The summed E-state index contributed by atoms with van der Waals surface area (Å²) in [7, 11) is 0. The number of nitrogens with zero attached hydrogens (tertiary/aromatic N) is 4. The molecule has 2 aromatic carbocycles. The number of aromatic nitrogens is 3. The molecular formula is C25H27N5O2. The predicted molar refractivity (Wildman–Crippen MR) is 120 cm³/mol. The molecule has 1 fully saturated rings. The summed E-state index contributed by atoms with van der Waals surface area (Å²) in [4.78, 5) is 32.6. The molecule has 1 spiro atoms. The van der Waals surface area contributed by atoms with E-state index in [9.17, 15) is 9.59 Å². The third kappa shape index (κ3) is 3.68. The molecule has 2 atom stereocenters. The van der Waals surface area contributed by atoms with Crippen LogP contribution in [0.4, 0.5) is 0 Å². The van der Waals surface area contributed by atoms with Crippen molar-refractivity contribution >= 4 is 11.8 Å². The number of rotatable bonds is 4. The molecule has 1 aromatic heterocycles. The Kier molecular flexibility index (Phi) is 5.25. The zero-order chi connectivity index (χ0) is 22.1. The predicted octanol–water partition coefficient (Wildman–Crippen LogP) is 2.92. The van der Waals surface area contributed by atoms with Gasteiger partial charge in [0.15, 0.2) is 0 Å². The number of nitrogens with one attached hydrogen (secondary N) is 1. The number of carbonyl (C=O) groups excluding carboxylic acids is 2. The van der Waals surface area contributed by atoms with Crippen molar-refractivity contribution in [1.82, 2.24) is 25.0 Å². The number of aryl methyl sites for hydroxylation is 2. The smallest absolute Gasteiger partial charge is 0.251 e. The van der Waals surface area contributed by atoms with Crippen molar-refractivity contribution in [2.75, 3.05) is 13.1 Å². The largest absolute Gasteiger partial charge is 0.342 e. The highest BCUT2D eigenvalue weighted by Gasteiger charge is 2.50. The summed E-state index contributed by atoms with van der Waals surface area (Å²) in [5.41, 5.74) is 2.57. The first-order valence-electron chi connectivity index (χ1n) is 11.1. The summed E-state index contributed by atoms with van der Waals surface area (Å²) in [6.07, 6.45) is 3.63. The first-order valence-corrected chi connectivity index (χ1v) is 11.1. The van der Waals surface area contributed by atoms with E-state index in [-0.39, 0.29) is 23.3 Å². The second kappa shape index (κ2) is 8.22. The lowest BCUT2D eigenvalue weighted by atomic mass is 9.74. The maximum atomic E-state index is 13.1. The van der Waals surface area contributed by atoms with Crippen LogP contribution in [-0.4, -0.2) is 44.6 Å². The van der Waals surface area contributed by atoms with E-state index in [1.54, 1.807) is 6.33 Å². The average Bonchev–Trinajstić information content (AvgIpc) is 3.46. The minimum Gasteiger partial charge on any atom is -0.342 e. The fraction of sp³-hybridized carbons (Fsp3) is 0.360. The van der Waals surface area contributed by atoms with Crippen LogP contribution >= 0.6 is 0 Å². The number of likely N-dealkylation sites (tertiary alicyclic amines) is 1. The lowest BCUT2D eigenvalue weighted by Gasteiger charge is -2.40. The third-order valence-corrected chi connectivity index (χ3v) is 6.99. The second-order valence-electron chi connectivity index (χ2n) is 8.89. The summed E-state index contributed by atoms with van der Waals surface area (Å²) < 4.78 is 1.87. The van der Waals surface area contributed by atoms with Crippen molar-refractivity contribution in [1.29, 1.82) is 0 Å². The van der Waals surface area contributed by atoms with E-state index in [1.807, 2.05) is 71.1 Å². The Morgan fingerprint density at radius 2 is 1.81 bits per heavy atom. The van der Waals surface area contributed by atoms with Crippen LogP contribution in [0, 0.1) is 12.3 Å². The van der Waals surface area contributed by atoms with Gasteiger partial charge >= 0.3 is 0 Å². The van der Waals surface area contributed by atoms with Crippen LogP contribution in [0.25, 0.3) is 0 Å². The molecule has 2 aliphatic rings. The average molecular weight is 430 g/mol. The van der Waals surface area contributed by atoms with Gasteiger partial charge in [-0.15, -0.1) is 0 Å². The van der Waals surface area contributed by atoms with Gasteiger partial charge in [-0.1, -0.05) is 42.5 Å². The Bertz CT molecular complexity index is 1140. The fourth-order valence-corrected chi connectivity index (χ4v) is 5.07. The number of amides is 2. The molecule has 2 aliphatic heterocycles. The minimum absolute atomic E-state index is 0.129. The van der Waals surface area contributed by atoms with E-state index >= 15 is 0 Å². The summed E-state index contributed by atoms with van der Waals surface area (Å²) in [5, 5.41) is 7.56. The van der Waals surface area contributed by atoms with Crippen LogP contribution < -0.4 is 5.32 Å². The highest BCUT2D eigenvalue weighted by atomic mass is 16.2. The molecule has 5 rings (SSSR count). The van der Waals surface area contributed by atoms with Crippen LogP contribution in [0.2, 0.25) is 0 Å². The standard InChI is InChI=1S/C25H27N5O2/c1-18-7-5-6-10-20(18)15-21(31)29-13-11-25(16-29)12-14-30-23(26-17-27-30)22(25)28-24(32)19-8-3-2-4-9-19/h2-10,17,22H,11-16H2,1H3,(H,28,32)/t22-,25-/m1/s1. The van der Waals surface area contributed by atoms with Crippen molar-refractivity contribution in [3.63, 3.8) is 0 Å². The van der Waals surface area contributed by atoms with Crippen molar-refractivity contribution < 1.29 is 9.59 Å². The van der Waals surface area contributed by atoms with Crippen LogP contribution in [-0.2, 0) is 17.8 Å². The number of hydrogen-bond donors (Lipinski definition) is 1. The molecule has 164 valence electrons. The maximum Gasteiger partial charge on any atom is 0.251 e. The van der Waals surface area contributed by atoms with Gasteiger partial charge in [0.1, 0.15) is 12.2 Å². The molecule has 0 unspecified atom stereocenters. The van der Waals surface area contributed by atoms with Gasteiger partial charge in [0.25, 0.3) is 5.91 Å². The molecule has 3 aromatic rings. The number of carbonyl (C=O) groups is 2. The van der Waals surface area contributed by atoms with Crippen LogP contribution in [0.15, 0.2) is 60.9 Å². The lowest BCUT2D eigenvalue weighted by Crippen LogP contribution is -2.48. The molecule has 1 N–H and O–H groups in total. The van der Waals surface area contributed by atoms with E-state index in [0.29, 0.717) is 25.1 Å². The van der Waals surface area contributed by atoms with Gasteiger partial charge in [0, 0.05) is 30.6 Å². The monoisotopic (exact) mass is 429 g/mol. The molecule has 7 heteroatoms. The highest BCUT2D eigenvalue weighted by Crippen LogP contribution is 2.47. The van der Waals surface area contributed by atoms with Gasteiger partial charge in [0.05, 0.1) is 12.5 Å². The molecular weight excluding hydrogens is 402 g/mol. The second-order valence-corrected chi connectivity index (χ2v) is 8.89. The van der Waals surface area contributed by atoms with Gasteiger partial charge in [-0.3, -0.25) is 9.59 Å². The Labute approximate surface area is 187 Å². The molecule has 7 nitrogen and oxygen atoms in total. The summed E-state index contributed by atoms with van der Waals surface area (Å²) in [6, 6.07) is 17.0. The summed E-state index contributed by atoms with van der Waals surface area (Å²) >= 11 is 0. The topological polar surface area (TPSA) is 80.1 Å². The quantitative estimate of drug-likeness (QED) is 0.692. The van der Waals surface area contributed by atoms with E-state index in [0.717, 1.165) is 36.3 Å². The van der Waals surface area contributed by atoms with E-state index in [1.165, 1.54) is 0 Å². The van der Waals surface area contributed by atoms with Gasteiger partial charge in [0.2, 0.25) is 5.91 Å². The zero-order valence-electron chi connectivity index (χ0n) is 18.2. The zero-order valence-corrected chi connectivity index (χ0v) is 18.2. The molecule has 0 aliphatic carbocycles. The molecule has 3 heterocycles. The molecule has 0 saturated carbocycles. The number of fused-ring (bicyclic) bond motifs is 1. The van der Waals surface area contributed by atoms with Crippen molar-refractivity contribution in [2.24, 2.45) is 5.41 Å².